The molecule has 0 saturated carbocycles. The fraction of sp³-hybridized carbons (Fsp3) is 0.667. The first kappa shape index (κ1) is 11.0. The summed E-state index contributed by atoms with van der Waals surface area (Å²) in [5.41, 5.74) is -0.179. The Morgan fingerprint density at radius 3 is 2.42 bits per heavy atom. The molecule has 0 aromatic carbocycles. The molecule has 1 amide bonds. The fourth-order valence-electron chi connectivity index (χ4n) is 0.736. The molecule has 0 unspecified atom stereocenters. The highest BCUT2D eigenvalue weighted by Gasteiger charge is 2.24. The van der Waals surface area contributed by atoms with Gasteiger partial charge in [-0.3, -0.25) is 4.79 Å². The summed E-state index contributed by atoms with van der Waals surface area (Å²) in [5.74, 6) is 1.46. The third-order valence-corrected chi connectivity index (χ3v) is 1.66. The molecule has 0 heterocycles. The normalized spacial score (nSPS) is 13.2. The SMILES string of the molecule is C#CC(=O)N[C@H](CO)C(C)(C)C. The van der Waals surface area contributed by atoms with E-state index in [4.69, 9.17) is 11.5 Å². The first-order chi connectivity index (χ1) is 5.41. The maximum atomic E-state index is 10.8. The molecule has 2 N–H and O–H groups in total. The minimum Gasteiger partial charge on any atom is -0.394 e. The van der Waals surface area contributed by atoms with Crippen molar-refractivity contribution in [2.45, 2.75) is 26.8 Å². The van der Waals surface area contributed by atoms with E-state index in [9.17, 15) is 4.79 Å². The van der Waals surface area contributed by atoms with Crippen molar-refractivity contribution in [1.29, 1.82) is 0 Å². The lowest BCUT2D eigenvalue weighted by Crippen LogP contribution is -2.45. The van der Waals surface area contributed by atoms with E-state index in [1.165, 1.54) is 0 Å². The molecule has 0 aliphatic heterocycles. The van der Waals surface area contributed by atoms with Crippen LogP contribution in [-0.4, -0.2) is 23.7 Å². The maximum absolute atomic E-state index is 10.8. The lowest BCUT2D eigenvalue weighted by molar-refractivity contribution is -0.117. The summed E-state index contributed by atoms with van der Waals surface area (Å²) < 4.78 is 0. The minimum absolute atomic E-state index is 0.100. The van der Waals surface area contributed by atoms with Crippen molar-refractivity contribution in [2.24, 2.45) is 5.41 Å². The van der Waals surface area contributed by atoms with Gasteiger partial charge in [-0.05, 0) is 11.3 Å². The predicted molar refractivity (Wildman–Crippen MR) is 47.3 cm³/mol. The molecule has 0 radical (unpaired) electrons. The molecule has 3 heteroatoms. The van der Waals surface area contributed by atoms with Gasteiger partial charge in [-0.25, -0.2) is 0 Å². The fourth-order valence-corrected chi connectivity index (χ4v) is 0.736. The number of terminal acetylenes is 1. The molecule has 1 atom stereocenters. The van der Waals surface area contributed by atoms with Crippen LogP contribution in [0.25, 0.3) is 0 Å². The molecule has 0 aliphatic carbocycles. The van der Waals surface area contributed by atoms with E-state index in [-0.39, 0.29) is 18.1 Å². The van der Waals surface area contributed by atoms with Gasteiger partial charge in [0.2, 0.25) is 0 Å². The van der Waals surface area contributed by atoms with Gasteiger partial charge >= 0.3 is 0 Å². The third kappa shape index (κ3) is 3.40. The maximum Gasteiger partial charge on any atom is 0.295 e. The quantitative estimate of drug-likeness (QED) is 0.578. The van der Waals surface area contributed by atoms with E-state index in [0.717, 1.165) is 0 Å². The Morgan fingerprint density at radius 1 is 1.67 bits per heavy atom. The van der Waals surface area contributed by atoms with E-state index in [1.807, 2.05) is 26.7 Å². The van der Waals surface area contributed by atoms with Crippen LogP contribution in [0, 0.1) is 17.8 Å². The average Bonchev–Trinajstić information content (AvgIpc) is 1.97. The molecule has 0 saturated heterocycles. The summed E-state index contributed by atoms with van der Waals surface area (Å²) in [5, 5.41) is 11.5. The van der Waals surface area contributed by atoms with Crippen molar-refractivity contribution < 1.29 is 9.90 Å². The van der Waals surface area contributed by atoms with Crippen LogP contribution in [0.1, 0.15) is 20.8 Å². The monoisotopic (exact) mass is 169 g/mol. The molecule has 0 aromatic rings. The van der Waals surface area contributed by atoms with Crippen molar-refractivity contribution in [3.05, 3.63) is 0 Å². The second kappa shape index (κ2) is 4.13. The smallest absolute Gasteiger partial charge is 0.295 e. The van der Waals surface area contributed by atoms with Gasteiger partial charge in [0, 0.05) is 0 Å². The van der Waals surface area contributed by atoms with E-state index < -0.39 is 5.91 Å². The zero-order chi connectivity index (χ0) is 9.78. The Labute approximate surface area is 73.2 Å². The van der Waals surface area contributed by atoms with Crippen molar-refractivity contribution >= 4 is 5.91 Å². The number of aliphatic hydroxyl groups is 1. The molecule has 0 rings (SSSR count). The average molecular weight is 169 g/mol. The number of rotatable bonds is 2. The molecular formula is C9H15NO2. The second-order valence-electron chi connectivity index (χ2n) is 3.72. The minimum atomic E-state index is -0.482. The van der Waals surface area contributed by atoms with Gasteiger partial charge in [-0.15, -0.1) is 6.42 Å². The van der Waals surface area contributed by atoms with Gasteiger partial charge in [0.05, 0.1) is 12.6 Å². The van der Waals surface area contributed by atoms with Crippen LogP contribution in [0.4, 0.5) is 0 Å². The molecule has 68 valence electrons. The highest BCUT2D eigenvalue weighted by Crippen LogP contribution is 2.18. The molecular weight excluding hydrogens is 154 g/mol. The summed E-state index contributed by atoms with van der Waals surface area (Å²) in [6.45, 7) is 5.66. The van der Waals surface area contributed by atoms with Crippen molar-refractivity contribution in [2.75, 3.05) is 6.61 Å². The molecule has 0 bridgehead atoms. The summed E-state index contributed by atoms with van der Waals surface area (Å²) in [7, 11) is 0. The van der Waals surface area contributed by atoms with Crippen molar-refractivity contribution in [3.8, 4) is 12.3 Å². The number of nitrogens with one attached hydrogen (secondary N) is 1. The highest BCUT2D eigenvalue weighted by atomic mass is 16.3. The summed E-state index contributed by atoms with van der Waals surface area (Å²) in [6, 6.07) is -0.291. The van der Waals surface area contributed by atoms with Crippen LogP contribution in [0.15, 0.2) is 0 Å². The van der Waals surface area contributed by atoms with Gasteiger partial charge in [0.1, 0.15) is 0 Å². The third-order valence-electron chi connectivity index (χ3n) is 1.66. The van der Waals surface area contributed by atoms with Crippen LogP contribution < -0.4 is 5.32 Å². The number of carbonyl (C=O) groups excluding carboxylic acids is 1. The number of hydrogen-bond donors (Lipinski definition) is 2. The van der Waals surface area contributed by atoms with Crippen LogP contribution in [-0.2, 0) is 4.79 Å². The Morgan fingerprint density at radius 2 is 2.17 bits per heavy atom. The van der Waals surface area contributed by atoms with E-state index >= 15 is 0 Å². The van der Waals surface area contributed by atoms with Gasteiger partial charge < -0.3 is 10.4 Å². The topological polar surface area (TPSA) is 49.3 Å². The second-order valence-corrected chi connectivity index (χ2v) is 3.72. The van der Waals surface area contributed by atoms with Crippen molar-refractivity contribution in [1.82, 2.24) is 5.32 Å². The van der Waals surface area contributed by atoms with Crippen LogP contribution >= 0.6 is 0 Å². The summed E-state index contributed by atoms with van der Waals surface area (Å²) in [4.78, 5) is 10.8. The lowest BCUT2D eigenvalue weighted by atomic mass is 9.87. The lowest BCUT2D eigenvalue weighted by Gasteiger charge is -2.28. The zero-order valence-electron chi connectivity index (χ0n) is 7.72. The van der Waals surface area contributed by atoms with Gasteiger partial charge in [-0.2, -0.15) is 0 Å². The Bertz CT molecular complexity index is 198. The van der Waals surface area contributed by atoms with Gasteiger partial charge in [-0.1, -0.05) is 20.8 Å². The van der Waals surface area contributed by atoms with E-state index in [1.54, 1.807) is 0 Å². The van der Waals surface area contributed by atoms with Crippen LogP contribution in [0.5, 0.6) is 0 Å². The van der Waals surface area contributed by atoms with E-state index in [2.05, 4.69) is 5.32 Å². The first-order valence-corrected chi connectivity index (χ1v) is 3.79. The first-order valence-electron chi connectivity index (χ1n) is 3.79. The standard InChI is InChI=1S/C9H15NO2/c1-5-8(12)10-7(6-11)9(2,3)4/h1,7,11H,6H2,2-4H3,(H,10,12)/t7-/m1/s1. The Kier molecular flexibility index (Phi) is 3.78. The number of aliphatic hydroxyl groups excluding tert-OH is 1. The van der Waals surface area contributed by atoms with E-state index in [0.29, 0.717) is 0 Å². The summed E-state index contributed by atoms with van der Waals surface area (Å²) >= 11 is 0. The number of carbonyl (C=O) groups is 1. The molecule has 0 fully saturated rings. The molecule has 0 spiro atoms. The molecule has 3 nitrogen and oxygen atoms in total. The Balaban J connectivity index is 4.21. The molecule has 12 heavy (non-hydrogen) atoms. The summed E-state index contributed by atoms with van der Waals surface area (Å²) in [6.07, 6.45) is 4.87. The zero-order valence-corrected chi connectivity index (χ0v) is 7.72. The highest BCUT2D eigenvalue weighted by molar-refractivity contribution is 5.93. The predicted octanol–water partition coefficient (Wildman–Crippen LogP) is 0.143. The van der Waals surface area contributed by atoms with Crippen LogP contribution in [0.3, 0.4) is 0 Å². The molecule has 0 aliphatic rings. The largest absolute Gasteiger partial charge is 0.394 e. The van der Waals surface area contributed by atoms with Gasteiger partial charge in [0.15, 0.2) is 0 Å². The van der Waals surface area contributed by atoms with Crippen LogP contribution in [0.2, 0.25) is 0 Å². The van der Waals surface area contributed by atoms with Gasteiger partial charge in [0.25, 0.3) is 5.91 Å². The number of amides is 1. The number of hydrogen-bond acceptors (Lipinski definition) is 2. The van der Waals surface area contributed by atoms with Crippen molar-refractivity contribution in [3.63, 3.8) is 0 Å². The molecule has 0 aromatic heterocycles. The Hall–Kier alpha value is -1.01.